The maximum Gasteiger partial charge on any atom is 0.233 e. The summed E-state index contributed by atoms with van der Waals surface area (Å²) in [6, 6.07) is 23.3. The number of hydrogen-bond donors (Lipinski definition) is 0. The molecule has 8 nitrogen and oxygen atoms in total. The van der Waals surface area contributed by atoms with Gasteiger partial charge in [-0.15, -0.1) is 10.2 Å². The van der Waals surface area contributed by atoms with Gasteiger partial charge in [-0.2, -0.15) is 0 Å². The molecule has 1 aliphatic rings. The van der Waals surface area contributed by atoms with Gasteiger partial charge in [0.15, 0.2) is 16.7 Å². The smallest absolute Gasteiger partial charge is 0.233 e. The Morgan fingerprint density at radius 3 is 2.23 bits per heavy atom. The van der Waals surface area contributed by atoms with Crippen LogP contribution >= 0.6 is 11.8 Å². The topological polar surface area (TPSA) is 78.7 Å². The van der Waals surface area contributed by atoms with E-state index in [0.717, 1.165) is 54.5 Å². The Hall–Kier alpha value is -3.98. The van der Waals surface area contributed by atoms with Crippen molar-refractivity contribution in [1.82, 2.24) is 19.7 Å². The molecule has 40 heavy (non-hydrogen) atoms. The SMILES string of the molecule is COc1ccc(Cc2nnc(SCC(=O)N3CCCCCC3)n2-c2ccc(Oc3ccccc3)cc2)cc1OC. The van der Waals surface area contributed by atoms with Gasteiger partial charge in [0.05, 0.1) is 20.0 Å². The molecular weight excluding hydrogens is 524 g/mol. The largest absolute Gasteiger partial charge is 0.493 e. The fourth-order valence-corrected chi connectivity index (χ4v) is 5.64. The fraction of sp³-hybridized carbons (Fsp3) is 0.323. The van der Waals surface area contributed by atoms with Crippen LogP contribution in [-0.2, 0) is 11.2 Å². The number of amides is 1. The van der Waals surface area contributed by atoms with Gasteiger partial charge in [-0.3, -0.25) is 9.36 Å². The van der Waals surface area contributed by atoms with Crippen LogP contribution in [0.5, 0.6) is 23.0 Å². The highest BCUT2D eigenvalue weighted by Crippen LogP contribution is 2.31. The van der Waals surface area contributed by atoms with Crippen LogP contribution < -0.4 is 14.2 Å². The minimum Gasteiger partial charge on any atom is -0.493 e. The number of methoxy groups -OCH3 is 2. The summed E-state index contributed by atoms with van der Waals surface area (Å²) in [5.41, 5.74) is 1.90. The summed E-state index contributed by atoms with van der Waals surface area (Å²) < 4.78 is 18.9. The molecule has 0 unspecified atom stereocenters. The lowest BCUT2D eigenvalue weighted by Gasteiger charge is -2.20. The Kier molecular flexibility index (Phi) is 9.23. The highest BCUT2D eigenvalue weighted by Gasteiger charge is 2.20. The Morgan fingerprint density at radius 2 is 1.52 bits per heavy atom. The average Bonchev–Trinajstić information content (AvgIpc) is 3.18. The molecule has 2 heterocycles. The maximum absolute atomic E-state index is 13.0. The predicted octanol–water partition coefficient (Wildman–Crippen LogP) is 6.16. The van der Waals surface area contributed by atoms with Gasteiger partial charge in [-0.1, -0.05) is 48.9 Å². The number of likely N-dealkylation sites (tertiary alicyclic amines) is 1. The second kappa shape index (κ2) is 13.4. The standard InChI is InChI=1S/C31H34N4O4S/c1-37-27-17-12-23(20-28(27)38-2)21-29-32-33-31(40-22-30(36)34-18-8-3-4-9-19-34)35(29)24-13-15-26(16-14-24)39-25-10-6-5-7-11-25/h5-7,10-17,20H,3-4,8-9,18-19,21-22H2,1-2H3. The molecule has 5 rings (SSSR count). The van der Waals surface area contributed by atoms with E-state index in [9.17, 15) is 4.79 Å². The monoisotopic (exact) mass is 558 g/mol. The molecule has 3 aromatic carbocycles. The Bertz CT molecular complexity index is 1400. The number of carbonyl (C=O) groups excluding carboxylic acids is 1. The first-order valence-electron chi connectivity index (χ1n) is 13.5. The van der Waals surface area contributed by atoms with E-state index in [2.05, 4.69) is 10.2 Å². The molecule has 0 saturated carbocycles. The second-order valence-electron chi connectivity index (χ2n) is 9.59. The minimum absolute atomic E-state index is 0.148. The lowest BCUT2D eigenvalue weighted by molar-refractivity contribution is -0.128. The highest BCUT2D eigenvalue weighted by molar-refractivity contribution is 7.99. The molecular formula is C31H34N4O4S. The molecule has 0 spiro atoms. The number of rotatable bonds is 10. The minimum atomic E-state index is 0.148. The first-order valence-corrected chi connectivity index (χ1v) is 14.5. The van der Waals surface area contributed by atoms with Crippen LogP contribution in [0.4, 0.5) is 0 Å². The molecule has 208 valence electrons. The van der Waals surface area contributed by atoms with Gasteiger partial charge >= 0.3 is 0 Å². The second-order valence-corrected chi connectivity index (χ2v) is 10.5. The molecule has 1 saturated heterocycles. The molecule has 1 amide bonds. The summed E-state index contributed by atoms with van der Waals surface area (Å²) in [4.78, 5) is 15.0. The summed E-state index contributed by atoms with van der Waals surface area (Å²) in [7, 11) is 3.25. The van der Waals surface area contributed by atoms with E-state index in [1.54, 1.807) is 14.2 Å². The van der Waals surface area contributed by atoms with Gasteiger partial charge in [0.2, 0.25) is 5.91 Å². The quantitative estimate of drug-likeness (QED) is 0.216. The first-order chi connectivity index (χ1) is 19.6. The van der Waals surface area contributed by atoms with E-state index in [-0.39, 0.29) is 5.91 Å². The molecule has 0 atom stereocenters. The molecule has 0 bridgehead atoms. The molecule has 1 aromatic heterocycles. The van der Waals surface area contributed by atoms with Gasteiger partial charge in [0.25, 0.3) is 0 Å². The summed E-state index contributed by atoms with van der Waals surface area (Å²) in [5.74, 6) is 4.07. The first kappa shape index (κ1) is 27.6. The maximum atomic E-state index is 13.0. The van der Waals surface area contributed by atoms with E-state index in [1.807, 2.05) is 82.3 Å². The summed E-state index contributed by atoms with van der Waals surface area (Å²) in [6.45, 7) is 1.67. The molecule has 0 aliphatic carbocycles. The van der Waals surface area contributed by atoms with Crippen LogP contribution in [0.3, 0.4) is 0 Å². The van der Waals surface area contributed by atoms with Crippen LogP contribution in [0.25, 0.3) is 5.69 Å². The van der Waals surface area contributed by atoms with Gasteiger partial charge in [0, 0.05) is 25.2 Å². The molecule has 0 N–H and O–H groups in total. The summed E-state index contributed by atoms with van der Waals surface area (Å²) >= 11 is 1.42. The van der Waals surface area contributed by atoms with Crippen molar-refractivity contribution in [3.63, 3.8) is 0 Å². The third-order valence-corrected chi connectivity index (χ3v) is 7.78. The third kappa shape index (κ3) is 6.77. The lowest BCUT2D eigenvalue weighted by Crippen LogP contribution is -2.33. The van der Waals surface area contributed by atoms with Crippen molar-refractivity contribution in [2.45, 2.75) is 37.3 Å². The Balaban J connectivity index is 1.40. The van der Waals surface area contributed by atoms with Gasteiger partial charge in [-0.05, 0) is 66.9 Å². The van der Waals surface area contributed by atoms with Crippen molar-refractivity contribution in [2.24, 2.45) is 0 Å². The molecule has 1 fully saturated rings. The van der Waals surface area contributed by atoms with Crippen LogP contribution in [0.2, 0.25) is 0 Å². The van der Waals surface area contributed by atoms with Crippen LogP contribution in [0, 0.1) is 0 Å². The lowest BCUT2D eigenvalue weighted by atomic mass is 10.1. The van der Waals surface area contributed by atoms with Crippen LogP contribution in [-0.4, -0.2) is 58.6 Å². The molecule has 0 radical (unpaired) electrons. The zero-order valence-electron chi connectivity index (χ0n) is 22.9. The van der Waals surface area contributed by atoms with E-state index in [1.165, 1.54) is 24.6 Å². The van der Waals surface area contributed by atoms with Crippen molar-refractivity contribution in [3.8, 4) is 28.7 Å². The number of aromatic nitrogens is 3. The normalized spacial score (nSPS) is 13.5. The van der Waals surface area contributed by atoms with Crippen molar-refractivity contribution < 1.29 is 19.0 Å². The predicted molar refractivity (Wildman–Crippen MR) is 156 cm³/mol. The van der Waals surface area contributed by atoms with Crippen LogP contribution in [0.15, 0.2) is 78.0 Å². The number of hydrogen-bond acceptors (Lipinski definition) is 7. The fourth-order valence-electron chi connectivity index (χ4n) is 4.77. The zero-order chi connectivity index (χ0) is 27.7. The summed E-state index contributed by atoms with van der Waals surface area (Å²) in [6.07, 6.45) is 5.04. The van der Waals surface area contributed by atoms with E-state index < -0.39 is 0 Å². The van der Waals surface area contributed by atoms with Crippen molar-refractivity contribution >= 4 is 17.7 Å². The number of carbonyl (C=O) groups is 1. The zero-order valence-corrected chi connectivity index (χ0v) is 23.7. The Morgan fingerprint density at radius 1 is 0.825 bits per heavy atom. The van der Waals surface area contributed by atoms with E-state index in [0.29, 0.717) is 28.8 Å². The van der Waals surface area contributed by atoms with Gasteiger partial charge in [0.1, 0.15) is 17.3 Å². The van der Waals surface area contributed by atoms with Crippen molar-refractivity contribution in [3.05, 3.63) is 84.2 Å². The number of nitrogens with zero attached hydrogens (tertiary/aromatic N) is 4. The van der Waals surface area contributed by atoms with E-state index >= 15 is 0 Å². The number of para-hydroxylation sites is 1. The highest BCUT2D eigenvalue weighted by atomic mass is 32.2. The van der Waals surface area contributed by atoms with Crippen LogP contribution in [0.1, 0.15) is 37.1 Å². The number of thioether (sulfide) groups is 1. The van der Waals surface area contributed by atoms with Gasteiger partial charge in [-0.25, -0.2) is 0 Å². The number of ether oxygens (including phenoxy) is 3. The number of benzene rings is 3. The van der Waals surface area contributed by atoms with E-state index in [4.69, 9.17) is 14.2 Å². The van der Waals surface area contributed by atoms with Crippen molar-refractivity contribution in [1.29, 1.82) is 0 Å². The average molecular weight is 559 g/mol. The van der Waals surface area contributed by atoms with Gasteiger partial charge < -0.3 is 19.1 Å². The third-order valence-electron chi connectivity index (χ3n) is 6.87. The van der Waals surface area contributed by atoms with Crippen molar-refractivity contribution in [2.75, 3.05) is 33.1 Å². The molecule has 1 aliphatic heterocycles. The molecule has 9 heteroatoms. The molecule has 4 aromatic rings. The summed E-state index contributed by atoms with van der Waals surface area (Å²) in [5, 5.41) is 9.73. The Labute approximate surface area is 239 Å².